The highest BCUT2D eigenvalue weighted by Gasteiger charge is 2.11. The number of carbonyl (C=O) groups is 2. The summed E-state index contributed by atoms with van der Waals surface area (Å²) in [5.41, 5.74) is 3.80. The molecule has 4 heterocycles. The van der Waals surface area contributed by atoms with Gasteiger partial charge in [-0.15, -0.1) is 0 Å². The lowest BCUT2D eigenvalue weighted by molar-refractivity contribution is -0.121. The Bertz CT molecular complexity index is 1280. The second-order valence-corrected chi connectivity index (χ2v) is 6.47. The Balaban J connectivity index is 1.72. The number of pyridine rings is 4. The molecule has 0 N–H and O–H groups in total. The molecular weight excluding hydrogens is 408 g/mol. The summed E-state index contributed by atoms with van der Waals surface area (Å²) in [6.07, 6.45) is 10.5. The molecular formula is C24H16N4O4. The zero-order valence-corrected chi connectivity index (χ0v) is 16.7. The van der Waals surface area contributed by atoms with Gasteiger partial charge in [-0.2, -0.15) is 0 Å². The molecule has 0 amide bonds. The summed E-state index contributed by atoms with van der Waals surface area (Å²) in [5, 5.41) is 0. The molecule has 0 aliphatic carbocycles. The van der Waals surface area contributed by atoms with Crippen LogP contribution in [0, 0.1) is 0 Å². The lowest BCUT2D eigenvalue weighted by Gasteiger charge is -2.08. The summed E-state index contributed by atoms with van der Waals surface area (Å²) in [7, 11) is 0. The van der Waals surface area contributed by atoms with Crippen LogP contribution >= 0.6 is 0 Å². The highest BCUT2D eigenvalue weighted by atomic mass is 16.5. The minimum atomic E-state index is 0.279. The van der Waals surface area contributed by atoms with Crippen molar-refractivity contribution in [1.29, 1.82) is 0 Å². The van der Waals surface area contributed by atoms with Crippen molar-refractivity contribution in [3.8, 4) is 34.3 Å². The molecule has 0 saturated carbocycles. The van der Waals surface area contributed by atoms with Crippen LogP contribution in [-0.2, 0) is 9.59 Å². The summed E-state index contributed by atoms with van der Waals surface area (Å²) in [6, 6.07) is 13.8. The minimum absolute atomic E-state index is 0.279. The first kappa shape index (κ1) is 20.5. The van der Waals surface area contributed by atoms with Gasteiger partial charge in [-0.3, -0.25) is 24.5 Å². The summed E-state index contributed by atoms with van der Waals surface area (Å²) >= 11 is 0. The fraction of sp³-hybridized carbons (Fsp3) is 0. The summed E-state index contributed by atoms with van der Waals surface area (Å²) < 4.78 is 9.94. The molecule has 156 valence electrons. The summed E-state index contributed by atoms with van der Waals surface area (Å²) in [5.74, 6) is 0.595. The van der Waals surface area contributed by atoms with Crippen LogP contribution in [0.15, 0.2) is 73.3 Å². The van der Waals surface area contributed by atoms with Gasteiger partial charge in [0.1, 0.15) is 11.5 Å². The van der Waals surface area contributed by atoms with E-state index in [1.54, 1.807) is 42.9 Å². The molecule has 4 aromatic heterocycles. The quantitative estimate of drug-likeness (QED) is 0.393. The molecule has 4 rings (SSSR count). The molecule has 0 aliphatic heterocycles. The van der Waals surface area contributed by atoms with E-state index in [9.17, 15) is 9.59 Å². The number of rotatable bonds is 8. The topological polar surface area (TPSA) is 104 Å². The van der Waals surface area contributed by atoms with Gasteiger partial charge in [0.15, 0.2) is 0 Å². The molecule has 0 aliphatic rings. The maximum Gasteiger partial charge on any atom is 0.298 e. The van der Waals surface area contributed by atoms with Crippen molar-refractivity contribution in [3.05, 3.63) is 84.4 Å². The van der Waals surface area contributed by atoms with E-state index in [-0.39, 0.29) is 5.75 Å². The van der Waals surface area contributed by atoms with Crippen molar-refractivity contribution in [2.24, 2.45) is 0 Å². The van der Waals surface area contributed by atoms with E-state index in [0.717, 1.165) is 11.1 Å². The lowest BCUT2D eigenvalue weighted by atomic mass is 10.1. The molecule has 0 unspecified atom stereocenters. The number of hydrogen-bond acceptors (Lipinski definition) is 8. The third kappa shape index (κ3) is 5.06. The molecule has 0 bridgehead atoms. The maximum atomic E-state index is 10.9. The van der Waals surface area contributed by atoms with E-state index in [1.165, 1.54) is 6.20 Å². The van der Waals surface area contributed by atoms with Crippen molar-refractivity contribution < 1.29 is 19.1 Å². The van der Waals surface area contributed by atoms with E-state index in [0.29, 0.717) is 41.5 Å². The molecule has 0 saturated heterocycles. The van der Waals surface area contributed by atoms with Gasteiger partial charge in [0.05, 0.1) is 22.8 Å². The van der Waals surface area contributed by atoms with Gasteiger partial charge in [-0.25, -0.2) is 4.98 Å². The molecule has 8 nitrogen and oxygen atoms in total. The van der Waals surface area contributed by atoms with Crippen molar-refractivity contribution in [2.75, 3.05) is 0 Å². The molecule has 0 aromatic carbocycles. The number of aromatic nitrogens is 4. The average Bonchev–Trinajstić information content (AvgIpc) is 2.84. The van der Waals surface area contributed by atoms with E-state index in [2.05, 4.69) is 19.9 Å². The fourth-order valence-corrected chi connectivity index (χ4v) is 2.93. The lowest BCUT2D eigenvalue weighted by Crippen LogP contribution is -1.97. The van der Waals surface area contributed by atoms with Crippen molar-refractivity contribution in [3.63, 3.8) is 0 Å². The SMILES string of the molecule is O=COc1ccnc(-c2cc(OC=O)cc(-c3cc(/C=C/c4cccnc4)ccn3)n2)c1. The second-order valence-electron chi connectivity index (χ2n) is 6.47. The van der Waals surface area contributed by atoms with Crippen LogP contribution < -0.4 is 9.47 Å². The first-order chi connectivity index (χ1) is 15.7. The Labute approximate surface area is 183 Å². The largest absolute Gasteiger partial charge is 0.429 e. The standard InChI is InChI=1S/C24H16N4O4/c29-15-31-19-6-9-27-22(11-19)24-13-20(32-16-30)12-23(28-24)21-10-17(5-8-26-21)3-4-18-2-1-7-25-14-18/h1-16H/b4-3+. The van der Waals surface area contributed by atoms with Gasteiger partial charge in [0, 0.05) is 43.0 Å². The van der Waals surface area contributed by atoms with Gasteiger partial charge < -0.3 is 9.47 Å². The van der Waals surface area contributed by atoms with E-state index >= 15 is 0 Å². The van der Waals surface area contributed by atoms with E-state index in [4.69, 9.17) is 9.47 Å². The summed E-state index contributed by atoms with van der Waals surface area (Å²) in [4.78, 5) is 39.0. The average molecular weight is 424 g/mol. The van der Waals surface area contributed by atoms with Crippen LogP contribution in [0.5, 0.6) is 11.5 Å². The molecule has 8 heteroatoms. The molecule has 4 aromatic rings. The van der Waals surface area contributed by atoms with Crippen molar-refractivity contribution in [2.45, 2.75) is 0 Å². The van der Waals surface area contributed by atoms with Crippen LogP contribution in [0.3, 0.4) is 0 Å². The molecule has 0 atom stereocenters. The Morgan fingerprint density at radius 3 is 2.03 bits per heavy atom. The fourth-order valence-electron chi connectivity index (χ4n) is 2.93. The first-order valence-corrected chi connectivity index (χ1v) is 9.49. The Kier molecular flexibility index (Phi) is 6.33. The third-order valence-electron chi connectivity index (χ3n) is 4.36. The van der Waals surface area contributed by atoms with Crippen LogP contribution in [0.1, 0.15) is 11.1 Å². The Morgan fingerprint density at radius 1 is 0.656 bits per heavy atom. The summed E-state index contributed by atoms with van der Waals surface area (Å²) in [6.45, 7) is 0.668. The van der Waals surface area contributed by atoms with Gasteiger partial charge in [0.2, 0.25) is 0 Å². The normalized spacial score (nSPS) is 10.6. The number of nitrogens with zero attached hydrogens (tertiary/aromatic N) is 4. The predicted molar refractivity (Wildman–Crippen MR) is 117 cm³/mol. The maximum absolute atomic E-state index is 10.9. The molecule has 0 spiro atoms. The van der Waals surface area contributed by atoms with Gasteiger partial charge in [0.25, 0.3) is 12.9 Å². The third-order valence-corrected chi connectivity index (χ3v) is 4.36. The second kappa shape index (κ2) is 9.86. The number of ether oxygens (including phenoxy) is 2. The molecule has 32 heavy (non-hydrogen) atoms. The van der Waals surface area contributed by atoms with Crippen molar-refractivity contribution in [1.82, 2.24) is 19.9 Å². The van der Waals surface area contributed by atoms with Gasteiger partial charge in [-0.05, 0) is 35.4 Å². The number of carbonyl (C=O) groups excluding carboxylic acids is 2. The van der Waals surface area contributed by atoms with E-state index in [1.807, 2.05) is 36.4 Å². The Morgan fingerprint density at radius 2 is 1.31 bits per heavy atom. The van der Waals surface area contributed by atoms with Gasteiger partial charge >= 0.3 is 0 Å². The monoisotopic (exact) mass is 424 g/mol. The highest BCUT2D eigenvalue weighted by molar-refractivity contribution is 5.72. The van der Waals surface area contributed by atoms with Crippen LogP contribution in [-0.4, -0.2) is 32.9 Å². The smallest absolute Gasteiger partial charge is 0.298 e. The zero-order valence-electron chi connectivity index (χ0n) is 16.7. The molecule has 0 fully saturated rings. The van der Waals surface area contributed by atoms with Crippen LogP contribution in [0.2, 0.25) is 0 Å². The zero-order chi connectivity index (χ0) is 22.2. The van der Waals surface area contributed by atoms with Crippen molar-refractivity contribution >= 4 is 25.1 Å². The van der Waals surface area contributed by atoms with E-state index < -0.39 is 0 Å². The minimum Gasteiger partial charge on any atom is -0.429 e. The molecule has 0 radical (unpaired) electrons. The predicted octanol–water partition coefficient (Wildman–Crippen LogP) is 3.84. The highest BCUT2D eigenvalue weighted by Crippen LogP contribution is 2.28. The first-order valence-electron chi connectivity index (χ1n) is 9.49. The van der Waals surface area contributed by atoms with Crippen LogP contribution in [0.4, 0.5) is 0 Å². The number of hydrogen-bond donors (Lipinski definition) is 0. The Hall–Kier alpha value is -4.72. The van der Waals surface area contributed by atoms with Crippen LogP contribution in [0.25, 0.3) is 34.9 Å². The van der Waals surface area contributed by atoms with Gasteiger partial charge in [-0.1, -0.05) is 18.2 Å².